The Labute approximate surface area is 272 Å². The van der Waals surface area contributed by atoms with Gasteiger partial charge in [-0.05, 0) is 51.4 Å². The minimum absolute atomic E-state index is 0.0167. The molecule has 1 aromatic rings. The van der Waals surface area contributed by atoms with Crippen molar-refractivity contribution in [3.63, 3.8) is 0 Å². The Morgan fingerprint density at radius 2 is 1.76 bits per heavy atom. The van der Waals surface area contributed by atoms with Crippen LogP contribution < -0.4 is 0 Å². The van der Waals surface area contributed by atoms with Gasteiger partial charge in [0.05, 0.1) is 25.5 Å². The van der Waals surface area contributed by atoms with Gasteiger partial charge in [-0.25, -0.2) is 9.46 Å². The summed E-state index contributed by atoms with van der Waals surface area (Å²) in [7, 11) is 4.46. The second kappa shape index (κ2) is 20.3. The molecular formula is C30H43BN3O11P. The Morgan fingerprint density at radius 3 is 2.39 bits per heavy atom. The topological polar surface area (TPSA) is 172 Å². The SMILES string of the molecule is [B]C1OC(COC(=O)OCC(C)c2ccccc2N=O)C(OP(OCCC#N)N(C(C)C)C(C)C)C1OCOC(=O)CCC(C)=O. The fourth-order valence-electron chi connectivity index (χ4n) is 4.60. The van der Waals surface area contributed by atoms with E-state index in [0.717, 1.165) is 0 Å². The van der Waals surface area contributed by atoms with Crippen molar-refractivity contribution in [2.24, 2.45) is 5.18 Å². The van der Waals surface area contributed by atoms with E-state index in [9.17, 15) is 19.3 Å². The zero-order valence-electron chi connectivity index (χ0n) is 27.2. The molecule has 1 aromatic carbocycles. The van der Waals surface area contributed by atoms with Crippen molar-refractivity contribution in [2.45, 2.75) is 103 Å². The van der Waals surface area contributed by atoms with Crippen LogP contribution in [0.5, 0.6) is 0 Å². The fraction of sp³-hybridized carbons (Fsp3) is 0.667. The average molecular weight is 663 g/mol. The Kier molecular flexibility index (Phi) is 17.3. The van der Waals surface area contributed by atoms with Crippen molar-refractivity contribution in [3.05, 3.63) is 34.7 Å². The molecule has 0 spiro atoms. The first kappa shape index (κ1) is 39.2. The van der Waals surface area contributed by atoms with Gasteiger partial charge in [-0.2, -0.15) is 5.26 Å². The van der Waals surface area contributed by atoms with E-state index in [1.807, 2.05) is 38.4 Å². The van der Waals surface area contributed by atoms with E-state index in [2.05, 4.69) is 5.18 Å². The van der Waals surface area contributed by atoms with Crippen LogP contribution in [0.2, 0.25) is 0 Å². The zero-order valence-corrected chi connectivity index (χ0v) is 28.1. The molecule has 2 rings (SSSR count). The van der Waals surface area contributed by atoms with Gasteiger partial charge >= 0.3 is 12.1 Å². The number of benzene rings is 1. The summed E-state index contributed by atoms with van der Waals surface area (Å²) >= 11 is 0. The Morgan fingerprint density at radius 1 is 1.07 bits per heavy atom. The van der Waals surface area contributed by atoms with Gasteiger partial charge < -0.3 is 37.5 Å². The molecule has 1 saturated heterocycles. The maximum Gasteiger partial charge on any atom is 0.508 e. The van der Waals surface area contributed by atoms with Crippen LogP contribution >= 0.6 is 8.53 Å². The van der Waals surface area contributed by atoms with Gasteiger partial charge in [0.15, 0.2) is 6.79 Å². The summed E-state index contributed by atoms with van der Waals surface area (Å²) in [6, 6.07) is 7.68. The number of nitroso groups, excluding NO2 is 1. The first-order valence-electron chi connectivity index (χ1n) is 15.0. The van der Waals surface area contributed by atoms with Gasteiger partial charge in [0.25, 0.3) is 8.53 Å². The molecule has 0 aliphatic carbocycles. The number of esters is 1. The smallest absolute Gasteiger partial charge is 0.438 e. The van der Waals surface area contributed by atoms with Gasteiger partial charge in [-0.15, -0.1) is 4.91 Å². The molecule has 1 aliphatic rings. The predicted molar refractivity (Wildman–Crippen MR) is 168 cm³/mol. The molecule has 1 aliphatic heterocycles. The number of ketones is 1. The molecule has 46 heavy (non-hydrogen) atoms. The van der Waals surface area contributed by atoms with Crippen molar-refractivity contribution in [3.8, 4) is 6.07 Å². The Bertz CT molecular complexity index is 1180. The van der Waals surface area contributed by atoms with Crippen LogP contribution in [0, 0.1) is 16.2 Å². The van der Waals surface area contributed by atoms with E-state index in [1.54, 1.807) is 31.2 Å². The standard InChI is InChI=1S/C30H43BN3O11P/c1-19(2)34(20(3)4)46(43-15-9-14-32)45-27-25(44-29(31)28(27)42-18-41-26(36)13-12-22(6)35)17-40-30(37)39-16-21(5)23-10-7-8-11-24(23)33-38/h7-8,10-11,19-21,25,27-29H,9,12-13,15-18H2,1-6H3. The number of hydrogen-bond donors (Lipinski definition) is 0. The number of carbonyl (C=O) groups is 3. The Balaban J connectivity index is 2.16. The van der Waals surface area contributed by atoms with Crippen molar-refractivity contribution >= 4 is 40.0 Å². The fourth-order valence-corrected chi connectivity index (χ4v) is 6.36. The van der Waals surface area contributed by atoms with E-state index >= 15 is 0 Å². The summed E-state index contributed by atoms with van der Waals surface area (Å²) in [5.74, 6) is -1.12. The lowest BCUT2D eigenvalue weighted by atomic mass is 9.93. The number of Topliss-reactive ketones (excluding diaryl/α,β-unsaturated/α-hetero) is 1. The second-order valence-corrected chi connectivity index (χ2v) is 12.6. The van der Waals surface area contributed by atoms with Crippen LogP contribution in [0.4, 0.5) is 10.5 Å². The van der Waals surface area contributed by atoms with Gasteiger partial charge in [0.2, 0.25) is 0 Å². The van der Waals surface area contributed by atoms with Crippen molar-refractivity contribution in [1.29, 1.82) is 5.26 Å². The van der Waals surface area contributed by atoms with Crippen LogP contribution in [0.3, 0.4) is 0 Å². The Hall–Kier alpha value is -2.99. The van der Waals surface area contributed by atoms with Crippen LogP contribution in [0.15, 0.2) is 29.4 Å². The molecule has 0 N–H and O–H groups in total. The molecule has 16 heteroatoms. The quantitative estimate of drug-likeness (QED) is 0.0448. The van der Waals surface area contributed by atoms with Gasteiger partial charge in [-0.3, -0.25) is 4.79 Å². The maximum absolute atomic E-state index is 12.6. The summed E-state index contributed by atoms with van der Waals surface area (Å²) in [5.41, 5.74) is 0.872. The molecule has 1 fully saturated rings. The van der Waals surface area contributed by atoms with Crippen LogP contribution in [0.1, 0.15) is 72.3 Å². The second-order valence-electron chi connectivity index (χ2n) is 11.1. The number of rotatable bonds is 20. The van der Waals surface area contributed by atoms with Gasteiger partial charge in [0.1, 0.15) is 50.8 Å². The van der Waals surface area contributed by atoms with Crippen LogP contribution in [-0.4, -0.2) is 93.4 Å². The normalized spacial score (nSPS) is 20.7. The lowest BCUT2D eigenvalue weighted by molar-refractivity contribution is -0.165. The van der Waals surface area contributed by atoms with Crippen molar-refractivity contribution < 1.29 is 47.1 Å². The summed E-state index contributed by atoms with van der Waals surface area (Å²) in [5, 5.41) is 12.1. The van der Waals surface area contributed by atoms with E-state index in [4.69, 9.17) is 45.8 Å². The molecule has 0 amide bonds. The summed E-state index contributed by atoms with van der Waals surface area (Å²) in [6.45, 7) is 10.2. The van der Waals surface area contributed by atoms with E-state index in [-0.39, 0.29) is 68.6 Å². The van der Waals surface area contributed by atoms with Gasteiger partial charge in [-0.1, -0.05) is 25.1 Å². The van der Waals surface area contributed by atoms with E-state index < -0.39 is 51.8 Å². The molecule has 6 atom stereocenters. The summed E-state index contributed by atoms with van der Waals surface area (Å²) in [6.07, 6.45) is -3.80. The lowest BCUT2D eigenvalue weighted by Gasteiger charge is -2.38. The molecule has 6 unspecified atom stereocenters. The molecule has 0 aromatic heterocycles. The lowest BCUT2D eigenvalue weighted by Crippen LogP contribution is -2.42. The molecule has 252 valence electrons. The third-order valence-corrected chi connectivity index (χ3v) is 8.89. The molecule has 0 bridgehead atoms. The summed E-state index contributed by atoms with van der Waals surface area (Å²) < 4.78 is 41.9. The highest BCUT2D eigenvalue weighted by atomic mass is 31.2. The van der Waals surface area contributed by atoms with Crippen molar-refractivity contribution in [1.82, 2.24) is 4.67 Å². The van der Waals surface area contributed by atoms with Crippen LogP contribution in [-0.2, 0) is 42.3 Å². The molecule has 2 radical (unpaired) electrons. The minimum Gasteiger partial charge on any atom is -0.438 e. The number of ether oxygens (including phenoxy) is 5. The van der Waals surface area contributed by atoms with Crippen molar-refractivity contribution in [2.75, 3.05) is 26.6 Å². The maximum atomic E-state index is 12.6. The number of hydrogen-bond acceptors (Lipinski definition) is 14. The largest absolute Gasteiger partial charge is 0.508 e. The first-order chi connectivity index (χ1) is 21.9. The third kappa shape index (κ3) is 12.7. The molecular weight excluding hydrogens is 620 g/mol. The number of nitriles is 1. The third-order valence-electron chi connectivity index (χ3n) is 6.76. The number of carbonyl (C=O) groups excluding carboxylic acids is 3. The highest BCUT2D eigenvalue weighted by molar-refractivity contribution is 7.44. The monoisotopic (exact) mass is 663 g/mol. The molecule has 14 nitrogen and oxygen atoms in total. The van der Waals surface area contributed by atoms with Crippen LogP contribution in [0.25, 0.3) is 0 Å². The molecule has 1 heterocycles. The van der Waals surface area contributed by atoms with E-state index in [1.165, 1.54) is 6.92 Å². The number of nitrogens with zero attached hydrogens (tertiary/aromatic N) is 3. The highest BCUT2D eigenvalue weighted by Gasteiger charge is 2.47. The van der Waals surface area contributed by atoms with E-state index in [0.29, 0.717) is 5.56 Å². The minimum atomic E-state index is -1.80. The average Bonchev–Trinajstić information content (AvgIpc) is 3.30. The highest BCUT2D eigenvalue weighted by Crippen LogP contribution is 2.49. The summed E-state index contributed by atoms with van der Waals surface area (Å²) in [4.78, 5) is 46.9. The molecule has 0 saturated carbocycles. The first-order valence-corrected chi connectivity index (χ1v) is 16.2. The predicted octanol–water partition coefficient (Wildman–Crippen LogP) is 5.15. The van der Waals surface area contributed by atoms with Gasteiger partial charge in [0, 0.05) is 30.4 Å². The zero-order chi connectivity index (χ0) is 34.2.